The van der Waals surface area contributed by atoms with E-state index in [4.69, 9.17) is 27.9 Å². The summed E-state index contributed by atoms with van der Waals surface area (Å²) in [7, 11) is 0. The highest BCUT2D eigenvalue weighted by atomic mass is 35.5. The molecule has 0 saturated carbocycles. The molecule has 5 nitrogen and oxygen atoms in total. The van der Waals surface area contributed by atoms with Crippen LogP contribution in [-0.4, -0.2) is 43.2 Å². The fraction of sp³-hybridized carbons (Fsp3) is 0.520. The summed E-state index contributed by atoms with van der Waals surface area (Å²) in [6.07, 6.45) is 5.74. The molecule has 1 fully saturated rings. The van der Waals surface area contributed by atoms with E-state index in [0.717, 1.165) is 24.5 Å². The Morgan fingerprint density at radius 2 is 1.81 bits per heavy atom. The Hall–Kier alpha value is -1.82. The lowest BCUT2D eigenvalue weighted by Crippen LogP contribution is -2.72. The lowest BCUT2D eigenvalue weighted by molar-refractivity contribution is -0.157. The van der Waals surface area contributed by atoms with Crippen LogP contribution in [0.5, 0.6) is 11.5 Å². The van der Waals surface area contributed by atoms with Gasteiger partial charge in [0.25, 0.3) is 0 Å². The zero-order chi connectivity index (χ0) is 24.1. The minimum absolute atomic E-state index is 0.00189. The van der Waals surface area contributed by atoms with Crippen molar-refractivity contribution >= 4 is 34.8 Å². The highest BCUT2D eigenvalue weighted by molar-refractivity contribution is 6.45. The van der Waals surface area contributed by atoms with Crippen molar-refractivity contribution in [1.82, 2.24) is 0 Å². The first-order valence-corrected chi connectivity index (χ1v) is 11.5. The van der Waals surface area contributed by atoms with Crippen molar-refractivity contribution in [2.45, 2.75) is 81.8 Å². The van der Waals surface area contributed by atoms with Crippen LogP contribution in [0.15, 0.2) is 35.4 Å². The number of Topliss-reactive ketones (excluding diaryl/α,β-unsaturated/α-hetero) is 2. The van der Waals surface area contributed by atoms with Crippen LogP contribution < -0.4 is 0 Å². The van der Waals surface area contributed by atoms with Gasteiger partial charge >= 0.3 is 0 Å². The Kier molecular flexibility index (Phi) is 6.60. The molecule has 0 radical (unpaired) electrons. The van der Waals surface area contributed by atoms with E-state index in [-0.39, 0.29) is 29.7 Å². The summed E-state index contributed by atoms with van der Waals surface area (Å²) in [5, 5.41) is 19.7. The van der Waals surface area contributed by atoms with Crippen LogP contribution in [0.1, 0.15) is 81.0 Å². The Balaban J connectivity index is 2.14. The zero-order valence-corrected chi connectivity index (χ0v) is 20.6. The van der Waals surface area contributed by atoms with E-state index in [1.54, 1.807) is 13.8 Å². The number of ether oxygens (including phenoxy) is 1. The molecule has 1 aliphatic carbocycles. The summed E-state index contributed by atoms with van der Waals surface area (Å²) in [6, 6.07) is 2.21. The maximum absolute atomic E-state index is 13.9. The number of ketones is 2. The van der Waals surface area contributed by atoms with Gasteiger partial charge in [0.05, 0.1) is 16.5 Å². The summed E-state index contributed by atoms with van der Waals surface area (Å²) in [5.74, 6) is -1.98. The van der Waals surface area contributed by atoms with Crippen molar-refractivity contribution in [3.05, 3.63) is 46.6 Å². The van der Waals surface area contributed by atoms with Crippen molar-refractivity contribution in [3.8, 4) is 11.5 Å². The first-order valence-electron chi connectivity index (χ1n) is 10.7. The molecule has 3 atom stereocenters. The number of allylic oxidation sites excluding steroid dienone is 3. The van der Waals surface area contributed by atoms with Crippen LogP contribution >= 0.6 is 23.2 Å². The number of hydrogen-bond donors (Lipinski definition) is 2. The predicted molar refractivity (Wildman–Crippen MR) is 126 cm³/mol. The predicted octanol–water partition coefficient (Wildman–Crippen LogP) is 6.08. The average Bonchev–Trinajstić information content (AvgIpc) is 2.67. The Morgan fingerprint density at radius 3 is 2.44 bits per heavy atom. The van der Waals surface area contributed by atoms with Gasteiger partial charge in [-0.1, -0.05) is 23.3 Å². The number of carbonyl (C=O) groups excluding carboxylic acids is 2. The SMILES string of the molecule is CC(C)=CCC/C(C)=C\CC12OC(C)(C)C(Cl)CC1(Cl)C(=O)c1c(O)cc(O)cc1C2=O. The molecule has 1 heterocycles. The summed E-state index contributed by atoms with van der Waals surface area (Å²) in [4.78, 5) is 25.7. The first-order chi connectivity index (χ1) is 14.7. The van der Waals surface area contributed by atoms with Gasteiger partial charge in [-0.15, -0.1) is 23.2 Å². The second-order valence-corrected chi connectivity index (χ2v) is 10.8. The molecule has 2 N–H and O–H groups in total. The minimum atomic E-state index is -1.79. The van der Waals surface area contributed by atoms with Gasteiger partial charge in [-0.05, 0) is 59.9 Å². The van der Waals surface area contributed by atoms with E-state index < -0.39 is 38.8 Å². The van der Waals surface area contributed by atoms with Gasteiger partial charge in [0.1, 0.15) is 16.4 Å². The molecule has 2 aliphatic rings. The topological polar surface area (TPSA) is 83.8 Å². The van der Waals surface area contributed by atoms with E-state index in [2.05, 4.69) is 6.08 Å². The minimum Gasteiger partial charge on any atom is -0.508 e. The van der Waals surface area contributed by atoms with Crippen LogP contribution in [0.25, 0.3) is 0 Å². The van der Waals surface area contributed by atoms with E-state index >= 15 is 0 Å². The molecule has 7 heteroatoms. The van der Waals surface area contributed by atoms with Gasteiger partial charge in [-0.25, -0.2) is 0 Å². The van der Waals surface area contributed by atoms with E-state index in [0.29, 0.717) is 0 Å². The lowest BCUT2D eigenvalue weighted by Gasteiger charge is -2.56. The largest absolute Gasteiger partial charge is 0.508 e. The highest BCUT2D eigenvalue weighted by Gasteiger charge is 2.70. The number of fused-ring (bicyclic) bond motifs is 2. The van der Waals surface area contributed by atoms with Crippen LogP contribution in [0.3, 0.4) is 0 Å². The van der Waals surface area contributed by atoms with Crippen molar-refractivity contribution in [1.29, 1.82) is 0 Å². The fourth-order valence-corrected chi connectivity index (χ4v) is 5.31. The van der Waals surface area contributed by atoms with Gasteiger partial charge in [0, 0.05) is 18.1 Å². The summed E-state index contributed by atoms with van der Waals surface area (Å²) in [5.41, 5.74) is -0.680. The average molecular weight is 481 g/mol. The molecule has 1 aromatic carbocycles. The summed E-state index contributed by atoms with van der Waals surface area (Å²) >= 11 is 13.5. The summed E-state index contributed by atoms with van der Waals surface area (Å²) < 4.78 is 6.34. The van der Waals surface area contributed by atoms with Gasteiger partial charge in [0.15, 0.2) is 17.2 Å². The molecule has 0 amide bonds. The van der Waals surface area contributed by atoms with E-state index in [1.807, 2.05) is 26.8 Å². The molecule has 0 spiro atoms. The smallest absolute Gasteiger partial charge is 0.198 e. The molecule has 1 aliphatic heterocycles. The Morgan fingerprint density at radius 1 is 1.16 bits per heavy atom. The second kappa shape index (κ2) is 8.51. The molecular weight excluding hydrogens is 451 g/mol. The van der Waals surface area contributed by atoms with Gasteiger partial charge in [-0.3, -0.25) is 9.59 Å². The molecule has 1 aromatic rings. The van der Waals surface area contributed by atoms with Crippen molar-refractivity contribution in [2.75, 3.05) is 0 Å². The number of benzene rings is 1. The van der Waals surface area contributed by atoms with Crippen LogP contribution in [-0.2, 0) is 4.74 Å². The van der Waals surface area contributed by atoms with E-state index in [1.165, 1.54) is 11.6 Å². The van der Waals surface area contributed by atoms with Crippen LogP contribution in [0.4, 0.5) is 0 Å². The molecule has 32 heavy (non-hydrogen) atoms. The lowest BCUT2D eigenvalue weighted by atomic mass is 9.63. The van der Waals surface area contributed by atoms with E-state index in [9.17, 15) is 19.8 Å². The summed E-state index contributed by atoms with van der Waals surface area (Å²) in [6.45, 7) is 9.57. The third kappa shape index (κ3) is 4.00. The number of halogens is 2. The fourth-order valence-electron chi connectivity index (χ4n) is 4.50. The number of carbonyl (C=O) groups is 2. The van der Waals surface area contributed by atoms with Crippen molar-refractivity contribution < 1.29 is 24.5 Å². The quantitative estimate of drug-likeness (QED) is 0.393. The molecule has 174 valence electrons. The Bertz CT molecular complexity index is 1020. The second-order valence-electron chi connectivity index (χ2n) is 9.63. The number of alkyl halides is 2. The standard InChI is InChI=1S/C25H30Cl2O5/c1-14(2)7-6-8-15(3)9-10-25-21(30)17-11-16(28)12-18(29)20(17)22(31)24(25,27)13-19(26)23(4,5)32-25/h7,9,11-12,19,28-29H,6,8,10,13H2,1-5H3/b15-9-. The normalized spacial score (nSPS) is 29.3. The van der Waals surface area contributed by atoms with Crippen molar-refractivity contribution in [3.63, 3.8) is 0 Å². The highest BCUT2D eigenvalue weighted by Crippen LogP contribution is 2.56. The number of phenolic OH excluding ortho intramolecular Hbond substituents is 2. The number of hydrogen-bond acceptors (Lipinski definition) is 5. The molecule has 1 saturated heterocycles. The van der Waals surface area contributed by atoms with Crippen LogP contribution in [0.2, 0.25) is 0 Å². The molecule has 0 bridgehead atoms. The maximum Gasteiger partial charge on any atom is 0.198 e. The molecule has 0 aromatic heterocycles. The van der Waals surface area contributed by atoms with Crippen molar-refractivity contribution in [2.24, 2.45) is 0 Å². The maximum atomic E-state index is 13.9. The van der Waals surface area contributed by atoms with Gasteiger partial charge < -0.3 is 14.9 Å². The van der Waals surface area contributed by atoms with Gasteiger partial charge in [0.2, 0.25) is 0 Å². The Labute approximate surface area is 199 Å². The van der Waals surface area contributed by atoms with Gasteiger partial charge in [-0.2, -0.15) is 0 Å². The third-order valence-corrected chi connectivity index (χ3v) is 7.73. The monoisotopic (exact) mass is 480 g/mol. The number of phenols is 2. The zero-order valence-electron chi connectivity index (χ0n) is 19.1. The molecular formula is C25H30Cl2O5. The first kappa shape index (κ1) is 24.8. The van der Waals surface area contributed by atoms with Crippen LogP contribution in [0, 0.1) is 0 Å². The molecule has 3 unspecified atom stereocenters. The molecule has 3 rings (SSSR count). The third-order valence-electron chi connectivity index (χ3n) is 6.42. The number of rotatable bonds is 5. The number of aromatic hydroxyl groups is 2.